The van der Waals surface area contributed by atoms with Crippen molar-refractivity contribution in [3.05, 3.63) is 36.8 Å². The average Bonchev–Trinajstić information content (AvgIpc) is 2.57. The van der Waals surface area contributed by atoms with E-state index in [1.807, 2.05) is 0 Å². The maximum absolute atomic E-state index is 12.5. The van der Waals surface area contributed by atoms with Crippen LogP contribution in [0.15, 0.2) is 36.8 Å². The zero-order chi connectivity index (χ0) is 18.0. The van der Waals surface area contributed by atoms with Crippen LogP contribution in [0.3, 0.4) is 0 Å². The minimum Gasteiger partial charge on any atom is -0.311 e. The van der Waals surface area contributed by atoms with Gasteiger partial charge in [-0.3, -0.25) is 14.1 Å². The van der Waals surface area contributed by atoms with Gasteiger partial charge in [-0.2, -0.15) is 12.7 Å². The zero-order valence-corrected chi connectivity index (χ0v) is 14.8. The Hall–Kier alpha value is -2.52. The van der Waals surface area contributed by atoms with E-state index in [4.69, 9.17) is 0 Å². The van der Waals surface area contributed by atoms with Crippen molar-refractivity contribution in [2.75, 3.05) is 29.8 Å². The van der Waals surface area contributed by atoms with Crippen LogP contribution in [-0.2, 0) is 15.0 Å². The Morgan fingerprint density at radius 2 is 2.00 bits per heavy atom. The van der Waals surface area contributed by atoms with Gasteiger partial charge in [0.25, 0.3) is 0 Å². The van der Waals surface area contributed by atoms with E-state index in [-0.39, 0.29) is 5.91 Å². The second kappa shape index (κ2) is 6.77. The van der Waals surface area contributed by atoms with Crippen LogP contribution < -0.4 is 9.62 Å². The Balaban J connectivity index is 1.96. The number of aromatic nitrogens is 2. The molecule has 0 saturated carbocycles. The van der Waals surface area contributed by atoms with Crippen LogP contribution >= 0.6 is 0 Å². The molecule has 3 heterocycles. The highest BCUT2D eigenvalue weighted by atomic mass is 32.2. The molecule has 9 heteroatoms. The van der Waals surface area contributed by atoms with Crippen molar-refractivity contribution in [3.8, 4) is 11.1 Å². The van der Waals surface area contributed by atoms with E-state index >= 15 is 0 Å². The molecule has 1 aliphatic rings. The van der Waals surface area contributed by atoms with Crippen LogP contribution in [0.5, 0.6) is 0 Å². The van der Waals surface area contributed by atoms with E-state index in [2.05, 4.69) is 15.3 Å². The van der Waals surface area contributed by atoms with E-state index < -0.39 is 10.2 Å². The fourth-order valence-corrected chi connectivity index (χ4v) is 4.10. The number of amides is 1. The van der Waals surface area contributed by atoms with E-state index in [0.717, 1.165) is 17.5 Å². The summed E-state index contributed by atoms with van der Waals surface area (Å²) >= 11 is 0. The van der Waals surface area contributed by atoms with Crippen molar-refractivity contribution in [3.63, 3.8) is 0 Å². The molecule has 25 heavy (non-hydrogen) atoms. The van der Waals surface area contributed by atoms with E-state index in [9.17, 15) is 13.2 Å². The number of pyridine rings is 2. The van der Waals surface area contributed by atoms with Crippen molar-refractivity contribution in [1.29, 1.82) is 0 Å². The number of hydrogen-bond donors (Lipinski definition) is 1. The number of anilines is 2. The molecule has 0 aliphatic carbocycles. The van der Waals surface area contributed by atoms with Crippen LogP contribution in [0.25, 0.3) is 11.1 Å². The highest BCUT2D eigenvalue weighted by Gasteiger charge is 2.31. The predicted octanol–water partition coefficient (Wildman–Crippen LogP) is 1.49. The summed E-state index contributed by atoms with van der Waals surface area (Å²) in [7, 11) is -1.95. The second-order valence-corrected chi connectivity index (χ2v) is 7.76. The molecule has 2 aromatic rings. The third-order valence-corrected chi connectivity index (χ3v) is 5.84. The molecule has 0 unspecified atom stereocenters. The molecular formula is C16H19N5O3S. The largest absolute Gasteiger partial charge is 0.311 e. The minimum absolute atomic E-state index is 0.209. The number of nitrogens with one attached hydrogen (secondary N) is 1. The number of rotatable bonds is 3. The molecule has 2 aromatic heterocycles. The van der Waals surface area contributed by atoms with E-state index in [1.165, 1.54) is 21.7 Å². The topological polar surface area (TPSA) is 95.5 Å². The van der Waals surface area contributed by atoms with Crippen molar-refractivity contribution >= 4 is 27.6 Å². The summed E-state index contributed by atoms with van der Waals surface area (Å²) in [5, 5.41) is 2.63. The summed E-state index contributed by atoms with van der Waals surface area (Å²) in [6, 6.07) is 5.28. The van der Waals surface area contributed by atoms with Crippen LogP contribution in [-0.4, -0.2) is 48.7 Å². The van der Waals surface area contributed by atoms with Crippen molar-refractivity contribution in [2.45, 2.75) is 13.3 Å². The molecule has 1 amide bonds. The highest BCUT2D eigenvalue weighted by molar-refractivity contribution is 7.90. The van der Waals surface area contributed by atoms with Crippen molar-refractivity contribution in [1.82, 2.24) is 14.3 Å². The van der Waals surface area contributed by atoms with Gasteiger partial charge in [-0.05, 0) is 30.2 Å². The van der Waals surface area contributed by atoms with Gasteiger partial charge >= 0.3 is 10.2 Å². The lowest BCUT2D eigenvalue weighted by atomic mass is 10.1. The van der Waals surface area contributed by atoms with Crippen LogP contribution in [0.4, 0.5) is 11.5 Å². The first-order valence-electron chi connectivity index (χ1n) is 7.81. The van der Waals surface area contributed by atoms with Crippen molar-refractivity contribution in [2.24, 2.45) is 0 Å². The highest BCUT2D eigenvalue weighted by Crippen LogP contribution is 2.28. The Bertz CT molecular complexity index is 900. The first kappa shape index (κ1) is 17.3. The van der Waals surface area contributed by atoms with E-state index in [0.29, 0.717) is 24.6 Å². The third kappa shape index (κ3) is 3.62. The van der Waals surface area contributed by atoms with Crippen LogP contribution in [0, 0.1) is 0 Å². The number of nitrogens with zero attached hydrogens (tertiary/aromatic N) is 4. The molecule has 0 radical (unpaired) electrons. The molecule has 132 valence electrons. The molecule has 0 spiro atoms. The lowest BCUT2D eigenvalue weighted by Gasteiger charge is -2.33. The van der Waals surface area contributed by atoms with Gasteiger partial charge < -0.3 is 5.32 Å². The van der Waals surface area contributed by atoms with Crippen LogP contribution in [0.1, 0.15) is 13.3 Å². The molecule has 0 atom stereocenters. The fraction of sp³-hybridized carbons (Fsp3) is 0.312. The molecule has 1 N–H and O–H groups in total. The fourth-order valence-electron chi connectivity index (χ4n) is 2.68. The summed E-state index contributed by atoms with van der Waals surface area (Å²) in [5.41, 5.74) is 2.05. The maximum atomic E-state index is 12.5. The molecule has 8 nitrogen and oxygen atoms in total. The molecule has 1 saturated heterocycles. The molecule has 1 fully saturated rings. The van der Waals surface area contributed by atoms with Crippen LogP contribution in [0.2, 0.25) is 0 Å². The summed E-state index contributed by atoms with van der Waals surface area (Å²) < 4.78 is 27.7. The molecule has 3 rings (SSSR count). The lowest BCUT2D eigenvalue weighted by molar-refractivity contribution is -0.114. The van der Waals surface area contributed by atoms with Gasteiger partial charge in [0.2, 0.25) is 5.91 Å². The van der Waals surface area contributed by atoms with Gasteiger partial charge in [0.15, 0.2) is 0 Å². The minimum atomic E-state index is -3.52. The molecule has 0 aromatic carbocycles. The molecule has 0 bridgehead atoms. The number of carbonyl (C=O) groups excluding carboxylic acids is 1. The third-order valence-electron chi connectivity index (χ3n) is 3.92. The zero-order valence-electron chi connectivity index (χ0n) is 14.0. The quantitative estimate of drug-likeness (QED) is 0.894. The van der Waals surface area contributed by atoms with Crippen molar-refractivity contribution < 1.29 is 13.2 Å². The number of carbonyl (C=O) groups is 1. The Kier molecular flexibility index (Phi) is 4.69. The summed E-state index contributed by atoms with van der Waals surface area (Å²) in [5.74, 6) is 0.222. The normalized spacial score (nSPS) is 17.3. The maximum Gasteiger partial charge on any atom is 0.303 e. The average molecular weight is 361 g/mol. The predicted molar refractivity (Wildman–Crippen MR) is 95.3 cm³/mol. The second-order valence-electron chi connectivity index (χ2n) is 5.80. The summed E-state index contributed by atoms with van der Waals surface area (Å²) in [6.45, 7) is 2.34. The first-order chi connectivity index (χ1) is 11.9. The van der Waals surface area contributed by atoms with Gasteiger partial charge in [0.05, 0.1) is 11.9 Å². The Labute approximate surface area is 146 Å². The number of hydrogen-bond acceptors (Lipinski definition) is 5. The standard InChI is InChI=1S/C16H19N5O3S/c1-12(22)19-16-9-13(4-5-18-16)14-8-15(11-17-10-14)21-7-3-6-20(2)25(21,23)24/h4-5,8-11H,3,6-7H2,1-2H3,(H,18,19,22). The van der Waals surface area contributed by atoms with Gasteiger partial charge in [0.1, 0.15) is 5.82 Å². The monoisotopic (exact) mass is 361 g/mol. The van der Waals surface area contributed by atoms with Gasteiger partial charge in [-0.1, -0.05) is 0 Å². The Morgan fingerprint density at radius 1 is 1.20 bits per heavy atom. The van der Waals surface area contributed by atoms with Gasteiger partial charge in [-0.15, -0.1) is 0 Å². The van der Waals surface area contributed by atoms with E-state index in [1.54, 1.807) is 37.6 Å². The summed E-state index contributed by atoms with van der Waals surface area (Å²) in [4.78, 5) is 19.5. The smallest absolute Gasteiger partial charge is 0.303 e. The molecule has 1 aliphatic heterocycles. The SMILES string of the molecule is CC(=O)Nc1cc(-c2cncc(N3CCCN(C)S3(=O)=O)c2)ccn1. The molecular weight excluding hydrogens is 342 g/mol. The van der Waals surface area contributed by atoms with Gasteiger partial charge in [0, 0.05) is 45.0 Å². The van der Waals surface area contributed by atoms with Gasteiger partial charge in [-0.25, -0.2) is 4.98 Å². The first-order valence-corrected chi connectivity index (χ1v) is 9.21. The Morgan fingerprint density at radius 3 is 2.76 bits per heavy atom. The summed E-state index contributed by atoms with van der Waals surface area (Å²) in [6.07, 6.45) is 5.52. The lowest BCUT2D eigenvalue weighted by Crippen LogP contribution is -2.48.